The maximum absolute atomic E-state index is 12.5. The van der Waals surface area contributed by atoms with Crippen LogP contribution in [0, 0.1) is 0 Å². The molecular formula is C17H15Cl5N4O3S2. The highest BCUT2D eigenvalue weighted by Crippen LogP contribution is 2.38. The van der Waals surface area contributed by atoms with Gasteiger partial charge in [-0.25, -0.2) is 13.4 Å². The average molecular weight is 565 g/mol. The topological polar surface area (TPSA) is 82.6 Å². The number of halogens is 5. The van der Waals surface area contributed by atoms with Gasteiger partial charge < -0.3 is 10.2 Å². The summed E-state index contributed by atoms with van der Waals surface area (Å²) < 4.78 is 26.7. The molecule has 1 saturated heterocycles. The van der Waals surface area contributed by atoms with Gasteiger partial charge in [-0.2, -0.15) is 4.31 Å². The lowest BCUT2D eigenvalue weighted by Crippen LogP contribution is -2.52. The summed E-state index contributed by atoms with van der Waals surface area (Å²) in [6.07, 6.45) is 1.46. The summed E-state index contributed by atoms with van der Waals surface area (Å²) in [6.45, 7) is 0.788. The number of sulfonamides is 1. The van der Waals surface area contributed by atoms with E-state index in [1.54, 1.807) is 17.0 Å². The molecule has 1 aliphatic heterocycles. The van der Waals surface area contributed by atoms with E-state index in [1.165, 1.54) is 17.4 Å². The smallest absolute Gasteiger partial charge is 0.238 e. The van der Waals surface area contributed by atoms with Crippen LogP contribution in [0.2, 0.25) is 24.7 Å². The van der Waals surface area contributed by atoms with Crippen LogP contribution in [0.4, 0.5) is 5.69 Å². The highest BCUT2D eigenvalue weighted by atomic mass is 35.5. The summed E-state index contributed by atoms with van der Waals surface area (Å²) in [4.78, 5) is 18.5. The Hall–Kier alpha value is -0.780. The Morgan fingerprint density at radius 2 is 1.77 bits per heavy atom. The Morgan fingerprint density at radius 3 is 2.35 bits per heavy atom. The number of thiophene rings is 1. The van der Waals surface area contributed by atoms with E-state index < -0.39 is 10.0 Å². The lowest BCUT2D eigenvalue weighted by atomic mass is 10.3. The van der Waals surface area contributed by atoms with Crippen LogP contribution in [0.5, 0.6) is 0 Å². The van der Waals surface area contributed by atoms with Crippen molar-refractivity contribution in [3.05, 3.63) is 47.1 Å². The number of hydrogen-bond acceptors (Lipinski definition) is 6. The van der Waals surface area contributed by atoms with Gasteiger partial charge in [-0.15, -0.1) is 11.3 Å². The fourth-order valence-electron chi connectivity index (χ4n) is 2.76. The maximum Gasteiger partial charge on any atom is 0.238 e. The van der Waals surface area contributed by atoms with Gasteiger partial charge in [0.05, 0.1) is 16.6 Å². The van der Waals surface area contributed by atoms with Gasteiger partial charge in [0, 0.05) is 36.5 Å². The number of hydrogen-bond donors (Lipinski definition) is 1. The van der Waals surface area contributed by atoms with Crippen molar-refractivity contribution >= 4 is 97.0 Å². The predicted octanol–water partition coefficient (Wildman–Crippen LogP) is 4.97. The van der Waals surface area contributed by atoms with E-state index in [-0.39, 0.29) is 45.9 Å². The molecule has 0 spiro atoms. The van der Waals surface area contributed by atoms with E-state index in [9.17, 15) is 13.2 Å². The van der Waals surface area contributed by atoms with Gasteiger partial charge in [-0.1, -0.05) is 58.0 Å². The molecule has 0 unspecified atom stereocenters. The first-order valence-electron chi connectivity index (χ1n) is 8.73. The molecule has 0 aliphatic carbocycles. The van der Waals surface area contributed by atoms with Crippen LogP contribution in [0.3, 0.4) is 0 Å². The van der Waals surface area contributed by atoms with Crippen molar-refractivity contribution in [2.24, 2.45) is 0 Å². The van der Waals surface area contributed by atoms with Crippen molar-refractivity contribution in [3.8, 4) is 0 Å². The number of carbonyl (C=O) groups is 1. The van der Waals surface area contributed by atoms with Crippen LogP contribution < -0.4 is 5.32 Å². The molecule has 0 atom stereocenters. The zero-order chi connectivity index (χ0) is 22.8. The molecule has 2 aromatic rings. The van der Waals surface area contributed by atoms with Crippen molar-refractivity contribution < 1.29 is 13.2 Å². The number of amides is 1. The van der Waals surface area contributed by atoms with E-state index in [2.05, 4.69) is 10.3 Å². The Bertz CT molecular complexity index is 1100. The molecule has 1 aliphatic rings. The highest BCUT2D eigenvalue weighted by Gasteiger charge is 2.30. The van der Waals surface area contributed by atoms with Crippen LogP contribution in [0.25, 0.3) is 6.08 Å². The molecule has 1 N–H and O–H groups in total. The molecule has 1 fully saturated rings. The van der Waals surface area contributed by atoms with Gasteiger partial charge in [-0.05, 0) is 18.2 Å². The summed E-state index contributed by atoms with van der Waals surface area (Å²) in [5.41, 5.74) is 0.320. The van der Waals surface area contributed by atoms with Crippen LogP contribution >= 0.6 is 69.3 Å². The third-order valence-corrected chi connectivity index (χ3v) is 8.51. The van der Waals surface area contributed by atoms with E-state index in [4.69, 9.17) is 58.0 Å². The number of aromatic nitrogens is 1. The minimum atomic E-state index is -3.73. The fourth-order valence-corrected chi connectivity index (χ4v) is 5.78. The van der Waals surface area contributed by atoms with Gasteiger partial charge in [0.2, 0.25) is 15.9 Å². The second kappa shape index (κ2) is 10.4. The zero-order valence-electron chi connectivity index (χ0n) is 15.6. The standard InChI is InChI=1S/C17H15Cl5N4O3S2/c18-11-2-1-10(30-11)3-8-31(28,29)26-7-6-25(12(27)9-26)5-4-23-15-13(19)16(21)24-17(22)14(15)20/h1-3,8H,4-7,9H2,(H,23,24)/b8-3+. The van der Waals surface area contributed by atoms with Gasteiger partial charge in [0.25, 0.3) is 0 Å². The number of pyridine rings is 1. The third-order valence-electron chi connectivity index (χ3n) is 4.32. The minimum Gasteiger partial charge on any atom is -0.381 e. The summed E-state index contributed by atoms with van der Waals surface area (Å²) in [6, 6.07) is 3.40. The lowest BCUT2D eigenvalue weighted by Gasteiger charge is -2.33. The van der Waals surface area contributed by atoms with Crippen LogP contribution in [0.15, 0.2) is 17.5 Å². The zero-order valence-corrected chi connectivity index (χ0v) is 21.0. The number of nitrogens with zero attached hydrogens (tertiary/aromatic N) is 3. The molecule has 0 radical (unpaired) electrons. The van der Waals surface area contributed by atoms with E-state index in [1.807, 2.05) is 0 Å². The molecule has 1 amide bonds. The third kappa shape index (κ3) is 6.17. The highest BCUT2D eigenvalue weighted by molar-refractivity contribution is 7.92. The first-order chi connectivity index (χ1) is 14.6. The molecule has 0 saturated carbocycles. The average Bonchev–Trinajstić information content (AvgIpc) is 3.14. The van der Waals surface area contributed by atoms with Crippen molar-refractivity contribution in [2.45, 2.75) is 0 Å². The number of anilines is 1. The molecule has 3 rings (SSSR count). The van der Waals surface area contributed by atoms with Crippen molar-refractivity contribution in [3.63, 3.8) is 0 Å². The van der Waals surface area contributed by atoms with Crippen molar-refractivity contribution in [1.29, 1.82) is 0 Å². The SMILES string of the molecule is O=C1CN(S(=O)(=O)/C=C/c2ccc(Cl)s2)CCN1CCNc1c(Cl)c(Cl)nc(Cl)c1Cl. The second-order valence-electron chi connectivity index (χ2n) is 6.33. The molecule has 0 aromatic carbocycles. The van der Waals surface area contributed by atoms with Crippen molar-refractivity contribution in [1.82, 2.24) is 14.2 Å². The number of rotatable bonds is 7. The fraction of sp³-hybridized carbons (Fsp3) is 0.294. The Balaban J connectivity index is 1.56. The number of carbonyl (C=O) groups excluding carboxylic acids is 1. The van der Waals surface area contributed by atoms with E-state index in [0.717, 1.165) is 9.71 Å². The molecule has 3 heterocycles. The normalized spacial score (nSPS) is 15.8. The van der Waals surface area contributed by atoms with Gasteiger partial charge in [0.15, 0.2) is 10.3 Å². The number of nitrogens with one attached hydrogen (secondary N) is 1. The van der Waals surface area contributed by atoms with Gasteiger partial charge in [0.1, 0.15) is 10.0 Å². The molecule has 31 heavy (non-hydrogen) atoms. The molecule has 7 nitrogen and oxygen atoms in total. The quantitative estimate of drug-likeness (QED) is 0.481. The first kappa shape index (κ1) is 24.9. The second-order valence-corrected chi connectivity index (χ2v) is 11.4. The Labute approximate surface area is 208 Å². The minimum absolute atomic E-state index is 0.00587. The molecule has 168 valence electrons. The Kier molecular flexibility index (Phi) is 8.37. The van der Waals surface area contributed by atoms with Crippen molar-refractivity contribution in [2.75, 3.05) is 38.0 Å². The first-order valence-corrected chi connectivity index (χ1v) is 12.9. The molecule has 14 heteroatoms. The van der Waals surface area contributed by atoms with Gasteiger partial charge >= 0.3 is 0 Å². The van der Waals surface area contributed by atoms with Crippen LogP contribution in [-0.4, -0.2) is 61.2 Å². The number of piperazine rings is 1. The Morgan fingerprint density at radius 1 is 1.10 bits per heavy atom. The lowest BCUT2D eigenvalue weighted by molar-refractivity contribution is -0.133. The van der Waals surface area contributed by atoms with Gasteiger partial charge in [-0.3, -0.25) is 4.79 Å². The summed E-state index contributed by atoms with van der Waals surface area (Å²) in [5, 5.41) is 4.33. The molecule has 0 bridgehead atoms. The van der Waals surface area contributed by atoms with Crippen LogP contribution in [-0.2, 0) is 14.8 Å². The van der Waals surface area contributed by atoms with E-state index in [0.29, 0.717) is 28.0 Å². The molecular weight excluding hydrogens is 550 g/mol. The predicted molar refractivity (Wildman–Crippen MR) is 128 cm³/mol. The van der Waals surface area contributed by atoms with E-state index >= 15 is 0 Å². The monoisotopic (exact) mass is 562 g/mol. The summed E-state index contributed by atoms with van der Waals surface area (Å²) in [7, 11) is -3.73. The molecule has 2 aromatic heterocycles. The largest absolute Gasteiger partial charge is 0.381 e. The maximum atomic E-state index is 12.5. The summed E-state index contributed by atoms with van der Waals surface area (Å²) in [5.74, 6) is -0.313. The summed E-state index contributed by atoms with van der Waals surface area (Å²) >= 11 is 31.1. The van der Waals surface area contributed by atoms with Crippen LogP contribution in [0.1, 0.15) is 4.88 Å².